The highest BCUT2D eigenvalue weighted by atomic mass is 16.7. The summed E-state index contributed by atoms with van der Waals surface area (Å²) in [7, 11) is 0. The fraction of sp³-hybridized carbons (Fsp3) is 0.821. The number of aliphatic hydroxyl groups excluding tert-OH is 5. The molecule has 11 heteroatoms. The third-order valence-corrected chi connectivity index (χ3v) is 15.1. The van der Waals surface area contributed by atoms with Gasteiger partial charge in [-0.05, 0) is 83.5 Å². The minimum absolute atomic E-state index is 0.000295. The Balaban J connectivity index is 2.03. The Hall–Kier alpha value is -2.64. The van der Waals surface area contributed by atoms with Gasteiger partial charge in [0.1, 0.15) is 24.4 Å². The SMILES string of the molecule is CCCC/C=C/CC/C=C/CC/C=C/C(O)C(COC1OC(CO)C(O)C(O)C1O)NC(=O)CCCCCCCCCCCCC/C=C\C/C=C\CCCCCCCCCCCOC(=O)CCCCCCCCCCCCC. The second-order valence-corrected chi connectivity index (χ2v) is 22.4. The zero-order valence-electron chi connectivity index (χ0n) is 50.1. The number of allylic oxidation sites excluding steroid dienone is 9. The van der Waals surface area contributed by atoms with Gasteiger partial charge >= 0.3 is 5.97 Å². The lowest BCUT2D eigenvalue weighted by atomic mass is 9.99. The molecule has 454 valence electrons. The molecule has 1 aliphatic heterocycles. The van der Waals surface area contributed by atoms with Crippen LogP contribution in [-0.2, 0) is 23.8 Å². The van der Waals surface area contributed by atoms with Crippen molar-refractivity contribution in [3.05, 3.63) is 60.8 Å². The topological polar surface area (TPSA) is 175 Å². The number of carbonyl (C=O) groups is 2. The molecular weight excluding hydrogens is 979 g/mol. The molecule has 0 aliphatic carbocycles. The van der Waals surface area contributed by atoms with E-state index >= 15 is 0 Å². The van der Waals surface area contributed by atoms with E-state index in [0.29, 0.717) is 19.4 Å². The zero-order chi connectivity index (χ0) is 56.6. The highest BCUT2D eigenvalue weighted by Gasteiger charge is 2.44. The van der Waals surface area contributed by atoms with Crippen LogP contribution in [0.2, 0.25) is 0 Å². The van der Waals surface area contributed by atoms with Crippen molar-refractivity contribution < 1.29 is 49.3 Å². The molecule has 0 spiro atoms. The average Bonchev–Trinajstić information content (AvgIpc) is 3.44. The lowest BCUT2D eigenvalue weighted by Gasteiger charge is -2.40. The molecule has 78 heavy (non-hydrogen) atoms. The van der Waals surface area contributed by atoms with Crippen molar-refractivity contribution in [1.82, 2.24) is 5.32 Å². The van der Waals surface area contributed by atoms with Crippen LogP contribution in [0.5, 0.6) is 0 Å². The van der Waals surface area contributed by atoms with Gasteiger partial charge in [-0.2, -0.15) is 0 Å². The van der Waals surface area contributed by atoms with Crippen LogP contribution in [0.1, 0.15) is 290 Å². The van der Waals surface area contributed by atoms with Crippen LogP contribution in [0.4, 0.5) is 0 Å². The highest BCUT2D eigenvalue weighted by Crippen LogP contribution is 2.23. The molecule has 1 aliphatic rings. The molecule has 11 nitrogen and oxygen atoms in total. The van der Waals surface area contributed by atoms with E-state index in [1.165, 1.54) is 180 Å². The lowest BCUT2D eigenvalue weighted by Crippen LogP contribution is -2.60. The normalized spacial score (nSPS) is 18.9. The molecule has 0 aromatic rings. The van der Waals surface area contributed by atoms with E-state index in [-0.39, 0.29) is 18.5 Å². The Labute approximate surface area is 478 Å². The highest BCUT2D eigenvalue weighted by molar-refractivity contribution is 5.76. The summed E-state index contributed by atoms with van der Waals surface area (Å²) in [4.78, 5) is 25.0. The molecule has 0 saturated carbocycles. The second-order valence-electron chi connectivity index (χ2n) is 22.4. The fourth-order valence-electron chi connectivity index (χ4n) is 9.90. The van der Waals surface area contributed by atoms with Gasteiger partial charge in [0.25, 0.3) is 0 Å². The summed E-state index contributed by atoms with van der Waals surface area (Å²) >= 11 is 0. The van der Waals surface area contributed by atoms with Gasteiger partial charge in [0, 0.05) is 12.8 Å². The maximum absolute atomic E-state index is 13.0. The van der Waals surface area contributed by atoms with Gasteiger partial charge in [0.15, 0.2) is 6.29 Å². The number of esters is 1. The number of hydrogen-bond acceptors (Lipinski definition) is 10. The molecule has 1 heterocycles. The predicted molar refractivity (Wildman–Crippen MR) is 324 cm³/mol. The van der Waals surface area contributed by atoms with Gasteiger partial charge in [-0.1, -0.05) is 254 Å². The second kappa shape index (κ2) is 56.2. The quantitative estimate of drug-likeness (QED) is 0.0195. The fourth-order valence-corrected chi connectivity index (χ4v) is 9.90. The van der Waals surface area contributed by atoms with Crippen molar-refractivity contribution in [2.24, 2.45) is 0 Å². The van der Waals surface area contributed by atoms with E-state index < -0.39 is 49.5 Å². The van der Waals surface area contributed by atoms with Crippen LogP contribution in [0, 0.1) is 0 Å². The van der Waals surface area contributed by atoms with Gasteiger partial charge in [-0.3, -0.25) is 9.59 Å². The Morgan fingerprint density at radius 2 is 0.885 bits per heavy atom. The number of hydrogen-bond donors (Lipinski definition) is 6. The van der Waals surface area contributed by atoms with Crippen LogP contribution in [0.25, 0.3) is 0 Å². The lowest BCUT2D eigenvalue weighted by molar-refractivity contribution is -0.302. The maximum Gasteiger partial charge on any atom is 0.305 e. The molecule has 0 radical (unpaired) electrons. The third kappa shape index (κ3) is 45.0. The zero-order valence-corrected chi connectivity index (χ0v) is 50.1. The largest absolute Gasteiger partial charge is 0.466 e. The van der Waals surface area contributed by atoms with E-state index in [9.17, 15) is 35.1 Å². The summed E-state index contributed by atoms with van der Waals surface area (Å²) in [6.45, 7) is 4.27. The minimum Gasteiger partial charge on any atom is -0.466 e. The van der Waals surface area contributed by atoms with Crippen LogP contribution < -0.4 is 5.32 Å². The first-order chi connectivity index (χ1) is 38.2. The van der Waals surface area contributed by atoms with Gasteiger partial charge < -0.3 is 45.1 Å². The van der Waals surface area contributed by atoms with Crippen molar-refractivity contribution in [2.45, 2.75) is 333 Å². The van der Waals surface area contributed by atoms with Crippen LogP contribution in [0.15, 0.2) is 60.8 Å². The number of unbranched alkanes of at least 4 members (excludes halogenated alkanes) is 34. The Bertz CT molecular complexity index is 1480. The summed E-state index contributed by atoms with van der Waals surface area (Å²) in [5.41, 5.74) is 0. The minimum atomic E-state index is -1.58. The first-order valence-electron chi connectivity index (χ1n) is 32.6. The first kappa shape index (κ1) is 73.4. The number of carbonyl (C=O) groups excluding carboxylic acids is 2. The standard InChI is InChI=1S/C67H121NO10/c1-3-5-7-9-11-13-15-34-37-41-45-49-53-60(70)59(58-77-67-66(75)65(74)64(73)61(57-69)78-67)68-62(71)54-50-46-42-38-35-31-29-27-25-23-21-19-17-16-18-20-22-24-26-28-30-32-36-40-44-48-52-56-76-63(72)55-51-47-43-39-33-14-12-10-8-6-4-2/h9,11,16-17,20,22,34,37,49,53,59-61,64-67,69-70,73-75H,3-8,10,12-15,18-19,21,23-33,35-36,38-48,50-52,54-58H2,1-2H3,(H,68,71)/b11-9+,17-16-,22-20-,37-34+,53-49+. The van der Waals surface area contributed by atoms with Crippen molar-refractivity contribution >= 4 is 11.9 Å². The van der Waals surface area contributed by atoms with E-state index in [1.807, 2.05) is 6.08 Å². The van der Waals surface area contributed by atoms with E-state index in [0.717, 1.165) is 83.5 Å². The molecule has 1 fully saturated rings. The Kier molecular flexibility index (Phi) is 52.9. The van der Waals surface area contributed by atoms with Crippen molar-refractivity contribution in [3.63, 3.8) is 0 Å². The van der Waals surface area contributed by atoms with Gasteiger partial charge in [-0.15, -0.1) is 0 Å². The van der Waals surface area contributed by atoms with Crippen molar-refractivity contribution in [1.29, 1.82) is 0 Å². The molecule has 7 unspecified atom stereocenters. The Morgan fingerprint density at radius 3 is 1.38 bits per heavy atom. The molecule has 6 N–H and O–H groups in total. The maximum atomic E-state index is 13.0. The molecular formula is C67H121NO10. The number of amides is 1. The van der Waals surface area contributed by atoms with E-state index in [4.69, 9.17) is 14.2 Å². The van der Waals surface area contributed by atoms with E-state index in [2.05, 4.69) is 67.8 Å². The monoisotopic (exact) mass is 1100 g/mol. The summed E-state index contributed by atoms with van der Waals surface area (Å²) < 4.78 is 16.7. The van der Waals surface area contributed by atoms with Gasteiger partial charge in [-0.25, -0.2) is 0 Å². The van der Waals surface area contributed by atoms with Crippen molar-refractivity contribution in [3.8, 4) is 0 Å². The molecule has 1 amide bonds. The summed E-state index contributed by atoms with van der Waals surface area (Å²) in [5, 5.41) is 54.3. The summed E-state index contributed by atoms with van der Waals surface area (Å²) in [6.07, 6.45) is 63.4. The number of nitrogens with one attached hydrogen (secondary N) is 1. The molecule has 7 atom stereocenters. The molecule has 1 saturated heterocycles. The number of aliphatic hydroxyl groups is 5. The number of rotatable bonds is 56. The molecule has 0 aromatic heterocycles. The average molecular weight is 1100 g/mol. The molecule has 0 aromatic carbocycles. The molecule has 1 rings (SSSR count). The van der Waals surface area contributed by atoms with Crippen LogP contribution >= 0.6 is 0 Å². The third-order valence-electron chi connectivity index (χ3n) is 15.1. The smallest absolute Gasteiger partial charge is 0.305 e. The Morgan fingerprint density at radius 1 is 0.474 bits per heavy atom. The summed E-state index contributed by atoms with van der Waals surface area (Å²) in [6, 6.07) is -0.838. The van der Waals surface area contributed by atoms with Crippen molar-refractivity contribution in [2.75, 3.05) is 19.8 Å². The predicted octanol–water partition coefficient (Wildman–Crippen LogP) is 15.8. The van der Waals surface area contributed by atoms with Crippen LogP contribution in [0.3, 0.4) is 0 Å². The summed E-state index contributed by atoms with van der Waals surface area (Å²) in [5.74, 6) is -0.201. The van der Waals surface area contributed by atoms with Gasteiger partial charge in [0.05, 0.1) is 32.0 Å². The van der Waals surface area contributed by atoms with E-state index in [1.54, 1.807) is 6.08 Å². The van der Waals surface area contributed by atoms with Gasteiger partial charge in [0.2, 0.25) is 5.91 Å². The molecule has 0 bridgehead atoms. The van der Waals surface area contributed by atoms with Crippen LogP contribution in [-0.4, -0.2) is 100 Å². The number of ether oxygens (including phenoxy) is 3. The first-order valence-corrected chi connectivity index (χ1v) is 32.6.